The van der Waals surface area contributed by atoms with Crippen molar-refractivity contribution in [3.63, 3.8) is 0 Å². The van der Waals surface area contributed by atoms with Crippen molar-refractivity contribution in [2.24, 2.45) is 5.10 Å². The van der Waals surface area contributed by atoms with Crippen LogP contribution in [0.3, 0.4) is 0 Å². The number of anilines is 1. The van der Waals surface area contributed by atoms with E-state index in [4.69, 9.17) is 16.3 Å². The first-order valence-electron chi connectivity index (χ1n) is 10.9. The summed E-state index contributed by atoms with van der Waals surface area (Å²) >= 11 is 6.44. The second-order valence-corrected chi connectivity index (χ2v) is 8.91. The number of rotatable bonds is 4. The van der Waals surface area contributed by atoms with Gasteiger partial charge in [-0.1, -0.05) is 11.6 Å². The molecule has 3 aliphatic heterocycles. The molecule has 0 aliphatic carbocycles. The minimum absolute atomic E-state index is 0.0142. The van der Waals surface area contributed by atoms with Crippen LogP contribution in [0.4, 0.5) is 19.7 Å². The minimum Gasteiger partial charge on any atom is -0.475 e. The van der Waals surface area contributed by atoms with Gasteiger partial charge in [-0.15, -0.1) is 0 Å². The highest BCUT2D eigenvalue weighted by molar-refractivity contribution is 6.33. The van der Waals surface area contributed by atoms with E-state index in [1.807, 2.05) is 13.8 Å². The molecule has 3 N–H and O–H groups in total. The van der Waals surface area contributed by atoms with Crippen LogP contribution >= 0.6 is 11.6 Å². The molecule has 4 amide bonds. The van der Waals surface area contributed by atoms with Crippen LogP contribution in [0, 0.1) is 5.82 Å². The third kappa shape index (κ3) is 4.05. The second kappa shape index (κ2) is 8.60. The van der Waals surface area contributed by atoms with E-state index in [0.717, 1.165) is 0 Å². The maximum absolute atomic E-state index is 15.0. The molecule has 5 rings (SSSR count). The Kier molecular flexibility index (Phi) is 5.60. The summed E-state index contributed by atoms with van der Waals surface area (Å²) in [5.74, 6) is -0.162. The Hall–Kier alpha value is -3.66. The molecule has 9 nitrogen and oxygen atoms in total. The number of hydrogen-bond acceptors (Lipinski definition) is 5. The molecular weight excluding hydrogens is 463 g/mol. The van der Waals surface area contributed by atoms with Gasteiger partial charge in [0, 0.05) is 23.4 Å². The average Bonchev–Trinajstić information content (AvgIpc) is 3.11. The van der Waals surface area contributed by atoms with Crippen molar-refractivity contribution in [3.05, 3.63) is 53.1 Å². The van der Waals surface area contributed by atoms with Gasteiger partial charge in [0.2, 0.25) is 5.88 Å². The van der Waals surface area contributed by atoms with Crippen LogP contribution in [-0.2, 0) is 0 Å². The van der Waals surface area contributed by atoms with Crippen molar-refractivity contribution in [2.45, 2.75) is 44.9 Å². The lowest BCUT2D eigenvalue weighted by atomic mass is 10.0. The van der Waals surface area contributed by atoms with Crippen LogP contribution in [-0.4, -0.2) is 45.8 Å². The summed E-state index contributed by atoms with van der Waals surface area (Å²) in [5.41, 5.74) is 4.60. The van der Waals surface area contributed by atoms with Crippen molar-refractivity contribution in [1.82, 2.24) is 20.6 Å². The van der Waals surface area contributed by atoms with Crippen LogP contribution in [0.2, 0.25) is 5.02 Å². The van der Waals surface area contributed by atoms with Crippen LogP contribution < -0.4 is 20.8 Å². The molecular formula is C23H22ClFN6O3. The zero-order chi connectivity index (χ0) is 24.0. The van der Waals surface area contributed by atoms with Gasteiger partial charge in [-0.25, -0.2) is 24.4 Å². The van der Waals surface area contributed by atoms with Gasteiger partial charge in [0.1, 0.15) is 11.5 Å². The highest BCUT2D eigenvalue weighted by atomic mass is 35.5. The first kappa shape index (κ1) is 22.1. The van der Waals surface area contributed by atoms with Gasteiger partial charge in [0.15, 0.2) is 0 Å². The lowest BCUT2D eigenvalue weighted by molar-refractivity contribution is 0.205. The average molecular weight is 485 g/mol. The molecule has 2 bridgehead atoms. The zero-order valence-corrected chi connectivity index (χ0v) is 19.2. The molecule has 0 saturated carbocycles. The number of halogens is 2. The Morgan fingerprint density at radius 2 is 2.15 bits per heavy atom. The molecule has 2 aromatic rings. The Labute approximate surface area is 200 Å². The standard InChI is InChI=1S/C23H22ClFN6O3/c1-11(2)34-20-6-3-12(10-26-20)14-8-16(25)17(9-15(14)24)28-23(33)31-13-4-5-19(31)21-18(7-13)27-22(32)30-29-21/h3,6-11,13,19H,4-5H2,1-2H3,(H,28,33)(H2,27,30,32)/t13-,19+/m0/s1. The number of urea groups is 2. The van der Waals surface area contributed by atoms with Gasteiger partial charge < -0.3 is 20.3 Å². The summed E-state index contributed by atoms with van der Waals surface area (Å²) in [6.45, 7) is 3.80. The van der Waals surface area contributed by atoms with Crippen LogP contribution in [0.1, 0.15) is 26.7 Å². The summed E-state index contributed by atoms with van der Waals surface area (Å²) in [6.07, 6.45) is 4.73. The molecule has 1 fully saturated rings. The van der Waals surface area contributed by atoms with Crippen molar-refractivity contribution < 1.29 is 18.7 Å². The first-order chi connectivity index (χ1) is 16.3. The van der Waals surface area contributed by atoms with E-state index in [1.54, 1.807) is 29.3 Å². The number of amides is 4. The normalized spacial score (nSPS) is 20.7. The van der Waals surface area contributed by atoms with Crippen LogP contribution in [0.25, 0.3) is 11.1 Å². The Morgan fingerprint density at radius 3 is 2.88 bits per heavy atom. The summed E-state index contributed by atoms with van der Waals surface area (Å²) in [6, 6.07) is 4.65. The summed E-state index contributed by atoms with van der Waals surface area (Å²) in [4.78, 5) is 30.5. The smallest absolute Gasteiger partial charge is 0.339 e. The van der Waals surface area contributed by atoms with E-state index in [1.165, 1.54) is 12.1 Å². The number of carbonyl (C=O) groups excluding carboxylic acids is 2. The Bertz CT molecular complexity index is 1230. The molecule has 34 heavy (non-hydrogen) atoms. The number of carbonyl (C=O) groups is 2. The van der Waals surface area contributed by atoms with Crippen LogP contribution in [0.5, 0.6) is 5.88 Å². The highest BCUT2D eigenvalue weighted by Gasteiger charge is 2.45. The SMILES string of the molecule is CC(C)Oc1ccc(-c2cc(F)c(NC(=O)N3[C@@H]4C=C5NC(=O)NN=C5[C@H]3CC4)cc2Cl)cn1. The van der Waals surface area contributed by atoms with E-state index in [9.17, 15) is 14.0 Å². The van der Waals surface area contributed by atoms with Crippen molar-refractivity contribution in [3.8, 4) is 17.0 Å². The predicted octanol–water partition coefficient (Wildman–Crippen LogP) is 4.26. The highest BCUT2D eigenvalue weighted by Crippen LogP contribution is 2.36. The number of hydrogen-bond donors (Lipinski definition) is 3. The van der Waals surface area contributed by atoms with Gasteiger partial charge in [-0.05, 0) is 51.0 Å². The van der Waals surface area contributed by atoms with Gasteiger partial charge in [-0.2, -0.15) is 5.10 Å². The molecule has 176 valence electrons. The molecule has 11 heteroatoms. The molecule has 0 radical (unpaired) electrons. The molecule has 3 aliphatic rings. The largest absolute Gasteiger partial charge is 0.475 e. The summed E-state index contributed by atoms with van der Waals surface area (Å²) < 4.78 is 20.5. The molecule has 1 aromatic carbocycles. The fourth-order valence-electron chi connectivity index (χ4n) is 4.42. The zero-order valence-electron chi connectivity index (χ0n) is 18.4. The van der Waals surface area contributed by atoms with Gasteiger partial charge in [-0.3, -0.25) is 0 Å². The van der Waals surface area contributed by atoms with E-state index in [2.05, 4.69) is 26.1 Å². The maximum Gasteiger partial charge on any atom is 0.339 e. The number of hydrazone groups is 1. The maximum atomic E-state index is 15.0. The fraction of sp³-hybridized carbons (Fsp3) is 0.304. The molecule has 1 saturated heterocycles. The molecule has 4 heterocycles. The number of fused-ring (bicyclic) bond motifs is 4. The lowest BCUT2D eigenvalue weighted by Crippen LogP contribution is -2.55. The Balaban J connectivity index is 1.35. The first-order valence-corrected chi connectivity index (χ1v) is 11.3. The third-order valence-electron chi connectivity index (χ3n) is 5.84. The molecule has 2 atom stereocenters. The van der Waals surface area contributed by atoms with Crippen molar-refractivity contribution in [2.75, 3.05) is 5.32 Å². The Morgan fingerprint density at radius 1 is 1.32 bits per heavy atom. The summed E-state index contributed by atoms with van der Waals surface area (Å²) in [5, 5.41) is 9.72. The number of ether oxygens (including phenoxy) is 1. The number of aromatic nitrogens is 1. The lowest BCUT2D eigenvalue weighted by Gasteiger charge is -2.36. The number of nitrogens with zero attached hydrogens (tertiary/aromatic N) is 3. The monoisotopic (exact) mass is 484 g/mol. The van der Waals surface area contributed by atoms with Gasteiger partial charge in [0.25, 0.3) is 0 Å². The topological polar surface area (TPSA) is 108 Å². The van der Waals surface area contributed by atoms with Crippen LogP contribution in [0.15, 0.2) is 47.3 Å². The van der Waals surface area contributed by atoms with Crippen molar-refractivity contribution in [1.29, 1.82) is 0 Å². The second-order valence-electron chi connectivity index (χ2n) is 8.50. The molecule has 1 aromatic heterocycles. The number of benzene rings is 1. The number of pyridine rings is 1. The summed E-state index contributed by atoms with van der Waals surface area (Å²) in [7, 11) is 0. The number of nitrogens with one attached hydrogen (secondary N) is 3. The van der Waals surface area contributed by atoms with Gasteiger partial charge in [0.05, 0.1) is 34.6 Å². The quantitative estimate of drug-likeness (QED) is 0.602. The predicted molar refractivity (Wildman–Crippen MR) is 125 cm³/mol. The fourth-order valence-corrected chi connectivity index (χ4v) is 4.69. The van der Waals surface area contributed by atoms with E-state index >= 15 is 0 Å². The van der Waals surface area contributed by atoms with Crippen molar-refractivity contribution >= 4 is 35.1 Å². The molecule has 0 spiro atoms. The van der Waals surface area contributed by atoms with E-state index in [0.29, 0.717) is 41.3 Å². The van der Waals surface area contributed by atoms with E-state index in [-0.39, 0.29) is 28.9 Å². The van der Waals surface area contributed by atoms with E-state index < -0.39 is 17.9 Å². The minimum atomic E-state index is -0.625. The third-order valence-corrected chi connectivity index (χ3v) is 6.16. The molecule has 0 unspecified atom stereocenters. The van der Waals surface area contributed by atoms with Gasteiger partial charge >= 0.3 is 12.1 Å².